The standard InChI is InChI=1S/C13H21NO3/c1-2-7-17-8-3-4-13(16)14-12-6-5-11(9-12)10-15/h2,5-6,11-12,15H,1,3-4,7-10H2,(H,14,16)/t11-,12+/m0/s1. The highest BCUT2D eigenvalue weighted by Gasteiger charge is 2.19. The van der Waals surface area contributed by atoms with Crippen LogP contribution in [0.2, 0.25) is 0 Å². The number of rotatable bonds is 8. The Morgan fingerprint density at radius 2 is 2.41 bits per heavy atom. The van der Waals surface area contributed by atoms with Gasteiger partial charge in [-0.3, -0.25) is 4.79 Å². The second-order valence-corrected chi connectivity index (χ2v) is 4.20. The summed E-state index contributed by atoms with van der Waals surface area (Å²) in [7, 11) is 0. The second-order valence-electron chi connectivity index (χ2n) is 4.20. The topological polar surface area (TPSA) is 58.6 Å². The highest BCUT2D eigenvalue weighted by Crippen LogP contribution is 2.16. The van der Waals surface area contributed by atoms with Crippen molar-refractivity contribution in [3.05, 3.63) is 24.8 Å². The van der Waals surface area contributed by atoms with E-state index in [2.05, 4.69) is 11.9 Å². The van der Waals surface area contributed by atoms with Gasteiger partial charge >= 0.3 is 0 Å². The van der Waals surface area contributed by atoms with Gasteiger partial charge in [-0.2, -0.15) is 0 Å². The van der Waals surface area contributed by atoms with Crippen LogP contribution in [0.15, 0.2) is 24.8 Å². The van der Waals surface area contributed by atoms with E-state index in [4.69, 9.17) is 9.84 Å². The van der Waals surface area contributed by atoms with Crippen LogP contribution in [0.25, 0.3) is 0 Å². The van der Waals surface area contributed by atoms with Crippen LogP contribution in [0.1, 0.15) is 19.3 Å². The van der Waals surface area contributed by atoms with Crippen LogP contribution in [-0.4, -0.2) is 36.9 Å². The molecule has 0 bridgehead atoms. The van der Waals surface area contributed by atoms with Crippen LogP contribution >= 0.6 is 0 Å². The van der Waals surface area contributed by atoms with Crippen molar-refractivity contribution in [3.8, 4) is 0 Å². The van der Waals surface area contributed by atoms with Crippen molar-refractivity contribution in [1.29, 1.82) is 0 Å². The predicted octanol–water partition coefficient (Wildman–Crippen LogP) is 1.02. The molecule has 1 amide bonds. The van der Waals surface area contributed by atoms with Gasteiger partial charge in [0.2, 0.25) is 5.91 Å². The molecule has 17 heavy (non-hydrogen) atoms. The Labute approximate surface area is 102 Å². The van der Waals surface area contributed by atoms with Crippen molar-refractivity contribution in [1.82, 2.24) is 5.32 Å². The molecular formula is C13H21NO3. The molecule has 4 heteroatoms. The number of ether oxygens (including phenoxy) is 1. The van der Waals surface area contributed by atoms with Crippen molar-refractivity contribution in [2.75, 3.05) is 19.8 Å². The highest BCUT2D eigenvalue weighted by molar-refractivity contribution is 5.76. The molecule has 0 spiro atoms. The lowest BCUT2D eigenvalue weighted by Crippen LogP contribution is -2.32. The number of amides is 1. The summed E-state index contributed by atoms with van der Waals surface area (Å²) in [6, 6.07) is 0.0775. The summed E-state index contributed by atoms with van der Waals surface area (Å²) in [5.74, 6) is 0.233. The number of aliphatic hydroxyl groups is 1. The molecule has 96 valence electrons. The van der Waals surface area contributed by atoms with Crippen LogP contribution in [0.5, 0.6) is 0 Å². The van der Waals surface area contributed by atoms with Gasteiger partial charge in [-0.15, -0.1) is 6.58 Å². The molecule has 0 radical (unpaired) electrons. The molecule has 1 aliphatic rings. The lowest BCUT2D eigenvalue weighted by atomic mass is 10.1. The van der Waals surface area contributed by atoms with Crippen LogP contribution in [0, 0.1) is 5.92 Å². The maximum Gasteiger partial charge on any atom is 0.220 e. The molecule has 0 heterocycles. The average Bonchev–Trinajstić information content (AvgIpc) is 2.76. The summed E-state index contributed by atoms with van der Waals surface area (Å²) in [4.78, 5) is 11.5. The first kappa shape index (κ1) is 13.9. The zero-order chi connectivity index (χ0) is 12.5. The smallest absolute Gasteiger partial charge is 0.220 e. The summed E-state index contributed by atoms with van der Waals surface area (Å²) >= 11 is 0. The van der Waals surface area contributed by atoms with Crippen molar-refractivity contribution >= 4 is 5.91 Å². The number of aliphatic hydroxyl groups excluding tert-OH is 1. The molecule has 0 saturated carbocycles. The maximum absolute atomic E-state index is 11.5. The number of carbonyl (C=O) groups is 1. The van der Waals surface area contributed by atoms with Gasteiger partial charge < -0.3 is 15.2 Å². The molecule has 0 aromatic heterocycles. The van der Waals surface area contributed by atoms with E-state index in [1.165, 1.54) is 0 Å². The van der Waals surface area contributed by atoms with Gasteiger partial charge in [-0.05, 0) is 12.8 Å². The summed E-state index contributed by atoms with van der Waals surface area (Å²) in [5, 5.41) is 11.9. The van der Waals surface area contributed by atoms with Crippen molar-refractivity contribution < 1.29 is 14.6 Å². The van der Waals surface area contributed by atoms with E-state index in [1.54, 1.807) is 6.08 Å². The first-order chi connectivity index (χ1) is 8.26. The molecule has 0 unspecified atom stereocenters. The number of nitrogens with one attached hydrogen (secondary N) is 1. The Balaban J connectivity index is 2.05. The third-order valence-corrected chi connectivity index (χ3v) is 2.68. The van der Waals surface area contributed by atoms with E-state index >= 15 is 0 Å². The summed E-state index contributed by atoms with van der Waals surface area (Å²) < 4.78 is 5.19. The normalized spacial score (nSPS) is 22.6. The minimum atomic E-state index is 0.0421. The SMILES string of the molecule is C=CCOCCCC(=O)N[C@@H]1C=C[C@H](CO)C1. The molecule has 2 N–H and O–H groups in total. The molecule has 0 aromatic carbocycles. The number of carbonyl (C=O) groups excluding carboxylic acids is 1. The van der Waals surface area contributed by atoms with Crippen molar-refractivity contribution in [3.63, 3.8) is 0 Å². The third kappa shape index (κ3) is 5.65. The summed E-state index contributed by atoms with van der Waals surface area (Å²) in [6.07, 6.45) is 7.60. The van der Waals surface area contributed by atoms with E-state index in [0.29, 0.717) is 19.6 Å². The fourth-order valence-corrected chi connectivity index (χ4v) is 1.80. The van der Waals surface area contributed by atoms with E-state index < -0.39 is 0 Å². The van der Waals surface area contributed by atoms with Gasteiger partial charge in [0.15, 0.2) is 0 Å². The minimum Gasteiger partial charge on any atom is -0.396 e. The Morgan fingerprint density at radius 3 is 3.06 bits per heavy atom. The molecule has 1 aliphatic carbocycles. The average molecular weight is 239 g/mol. The number of hydrogen-bond acceptors (Lipinski definition) is 3. The van der Waals surface area contributed by atoms with Crippen molar-refractivity contribution in [2.24, 2.45) is 5.92 Å². The molecule has 0 saturated heterocycles. The number of hydrogen-bond donors (Lipinski definition) is 2. The first-order valence-corrected chi connectivity index (χ1v) is 6.03. The lowest BCUT2D eigenvalue weighted by molar-refractivity contribution is -0.121. The molecular weight excluding hydrogens is 218 g/mol. The van der Waals surface area contributed by atoms with Gasteiger partial charge in [0.25, 0.3) is 0 Å². The lowest BCUT2D eigenvalue weighted by Gasteiger charge is -2.12. The van der Waals surface area contributed by atoms with Crippen LogP contribution in [-0.2, 0) is 9.53 Å². The van der Waals surface area contributed by atoms with Gasteiger partial charge in [0, 0.05) is 31.6 Å². The van der Waals surface area contributed by atoms with E-state index in [9.17, 15) is 4.79 Å². The molecule has 2 atom stereocenters. The molecule has 0 fully saturated rings. The molecule has 0 aliphatic heterocycles. The van der Waals surface area contributed by atoms with Crippen molar-refractivity contribution in [2.45, 2.75) is 25.3 Å². The maximum atomic E-state index is 11.5. The quantitative estimate of drug-likeness (QED) is 0.491. The monoisotopic (exact) mass is 239 g/mol. The molecule has 1 rings (SSSR count). The first-order valence-electron chi connectivity index (χ1n) is 6.03. The third-order valence-electron chi connectivity index (χ3n) is 2.68. The van der Waals surface area contributed by atoms with Gasteiger partial charge in [-0.25, -0.2) is 0 Å². The van der Waals surface area contributed by atoms with Crippen LogP contribution in [0.3, 0.4) is 0 Å². The Morgan fingerprint density at radius 1 is 1.59 bits per heavy atom. The van der Waals surface area contributed by atoms with E-state index in [-0.39, 0.29) is 24.5 Å². The van der Waals surface area contributed by atoms with E-state index in [0.717, 1.165) is 12.8 Å². The summed E-state index contributed by atoms with van der Waals surface area (Å²) in [6.45, 7) is 4.81. The second kappa shape index (κ2) is 8.03. The Kier molecular flexibility index (Phi) is 6.58. The zero-order valence-corrected chi connectivity index (χ0v) is 10.1. The van der Waals surface area contributed by atoms with Gasteiger partial charge in [0.05, 0.1) is 6.61 Å². The minimum absolute atomic E-state index is 0.0421. The van der Waals surface area contributed by atoms with Crippen LogP contribution < -0.4 is 5.32 Å². The van der Waals surface area contributed by atoms with Crippen LogP contribution in [0.4, 0.5) is 0 Å². The zero-order valence-electron chi connectivity index (χ0n) is 10.1. The fourth-order valence-electron chi connectivity index (χ4n) is 1.80. The predicted molar refractivity (Wildman–Crippen MR) is 66.5 cm³/mol. The summed E-state index contributed by atoms with van der Waals surface area (Å²) in [5.41, 5.74) is 0. The highest BCUT2D eigenvalue weighted by atomic mass is 16.5. The molecule has 4 nitrogen and oxygen atoms in total. The van der Waals surface area contributed by atoms with Gasteiger partial charge in [-0.1, -0.05) is 18.2 Å². The van der Waals surface area contributed by atoms with E-state index in [1.807, 2.05) is 12.2 Å². The Hall–Kier alpha value is -1.13. The Bertz CT molecular complexity index is 276. The van der Waals surface area contributed by atoms with Gasteiger partial charge in [0.1, 0.15) is 0 Å². The largest absolute Gasteiger partial charge is 0.396 e. The molecule has 0 aromatic rings. The fraction of sp³-hybridized carbons (Fsp3) is 0.615.